The van der Waals surface area contributed by atoms with E-state index in [0.717, 1.165) is 47.3 Å². The van der Waals surface area contributed by atoms with Crippen LogP contribution < -0.4 is 31.6 Å². The van der Waals surface area contributed by atoms with E-state index in [0.29, 0.717) is 34.8 Å². The number of aromatic amines is 1. The Labute approximate surface area is 517 Å². The van der Waals surface area contributed by atoms with Crippen molar-refractivity contribution in [2.75, 3.05) is 37.1 Å². The Hall–Kier alpha value is -8.12. The monoisotopic (exact) mass is 1260 g/mol. The van der Waals surface area contributed by atoms with Crippen molar-refractivity contribution in [2.24, 2.45) is 0 Å². The van der Waals surface area contributed by atoms with Crippen molar-refractivity contribution in [2.45, 2.75) is 139 Å². The van der Waals surface area contributed by atoms with Gasteiger partial charge in [-0.1, -0.05) is 46.2 Å². The Morgan fingerprint density at radius 2 is 1.73 bits per heavy atom. The third-order valence-electron chi connectivity index (χ3n) is 15.6. The van der Waals surface area contributed by atoms with Gasteiger partial charge in [0.25, 0.3) is 11.5 Å². The fraction of sp³-hybridized carbons (Fsp3) is 0.443. The largest absolute Gasteiger partial charge is 0.496 e. The van der Waals surface area contributed by atoms with Crippen molar-refractivity contribution in [1.82, 2.24) is 35.9 Å². The van der Waals surface area contributed by atoms with Crippen LogP contribution >= 0.6 is 21.6 Å². The number of methoxy groups -OCH3 is 1. The molecule has 28 heteroatoms. The summed E-state index contributed by atoms with van der Waals surface area (Å²) in [5.41, 5.74) is 0.0236. The molecule has 4 aliphatic rings. The summed E-state index contributed by atoms with van der Waals surface area (Å²) in [4.78, 5) is 135. The van der Waals surface area contributed by atoms with E-state index in [-0.39, 0.29) is 101 Å². The smallest absolute Gasteiger partial charge is 0.407 e. The number of carboxylic acids is 1. The second-order valence-corrected chi connectivity index (χ2v) is 24.6. The van der Waals surface area contributed by atoms with Gasteiger partial charge in [-0.2, -0.15) is 0 Å². The van der Waals surface area contributed by atoms with Crippen molar-refractivity contribution in [3.63, 3.8) is 0 Å². The van der Waals surface area contributed by atoms with Gasteiger partial charge in [0.1, 0.15) is 54.7 Å². The number of aliphatic hydroxyl groups excluding tert-OH is 2. The van der Waals surface area contributed by atoms with E-state index >= 15 is 0 Å². The lowest BCUT2D eigenvalue weighted by molar-refractivity contribution is -0.249. The maximum atomic E-state index is 14.0. The highest BCUT2D eigenvalue weighted by Crippen LogP contribution is 2.44. The second-order valence-electron chi connectivity index (χ2n) is 21.9. The number of fused-ring (bicyclic) bond motifs is 4. The molecule has 0 bridgehead atoms. The zero-order valence-corrected chi connectivity index (χ0v) is 50.4. The Morgan fingerprint density at radius 1 is 0.944 bits per heavy atom. The third-order valence-corrected chi connectivity index (χ3v) is 18.0. The number of carbonyl (C=O) groups excluding carboxylic acids is 7. The number of esters is 1. The average Bonchev–Trinajstić information content (AvgIpc) is 0.782. The molecule has 5 aromatic rings. The van der Waals surface area contributed by atoms with Crippen molar-refractivity contribution in [3.8, 4) is 5.75 Å². The molecule has 9 atom stereocenters. The highest BCUT2D eigenvalue weighted by Gasteiger charge is 2.47. The molecule has 472 valence electrons. The number of amides is 3. The fourth-order valence-corrected chi connectivity index (χ4v) is 12.9. The zero-order valence-electron chi connectivity index (χ0n) is 48.8. The summed E-state index contributed by atoms with van der Waals surface area (Å²) in [6.45, 7) is 2.22. The van der Waals surface area contributed by atoms with Crippen LogP contribution in [0.15, 0.2) is 77.7 Å². The summed E-state index contributed by atoms with van der Waals surface area (Å²) < 4.78 is 29.0. The summed E-state index contributed by atoms with van der Waals surface area (Å²) in [7, 11) is 3.61. The van der Waals surface area contributed by atoms with Crippen LogP contribution in [0.4, 0.5) is 10.5 Å². The van der Waals surface area contributed by atoms with Crippen molar-refractivity contribution < 1.29 is 82.5 Å². The van der Waals surface area contributed by atoms with Crippen LogP contribution in [0.3, 0.4) is 0 Å². The van der Waals surface area contributed by atoms with E-state index in [2.05, 4.69) is 41.2 Å². The first-order valence-corrected chi connectivity index (χ1v) is 31.4. The number of aryl methyl sites for hydroxylation is 1. The van der Waals surface area contributed by atoms with Gasteiger partial charge in [0.05, 0.1) is 49.4 Å². The molecule has 0 saturated carbocycles. The molecule has 3 amide bonds. The van der Waals surface area contributed by atoms with Crippen LogP contribution in [0.1, 0.15) is 136 Å². The quantitative estimate of drug-likeness (QED) is 0.0177. The number of aliphatic carboxylic acids is 1. The van der Waals surface area contributed by atoms with Crippen LogP contribution in [0.2, 0.25) is 0 Å². The highest BCUT2D eigenvalue weighted by atomic mass is 33.1. The van der Waals surface area contributed by atoms with Gasteiger partial charge in [0.2, 0.25) is 5.91 Å². The Kier molecular flexibility index (Phi) is 21.6. The van der Waals surface area contributed by atoms with E-state index < -0.39 is 114 Å². The molecule has 1 unspecified atom stereocenters. The van der Waals surface area contributed by atoms with Crippen molar-refractivity contribution >= 4 is 85.6 Å². The van der Waals surface area contributed by atoms with Gasteiger partial charge in [-0.15, -0.1) is 0 Å². The number of rotatable bonds is 24. The molecule has 0 radical (unpaired) electrons. The number of ketones is 3. The van der Waals surface area contributed by atoms with Crippen LogP contribution in [0, 0.1) is 6.92 Å². The number of aromatic nitrogens is 4. The minimum absolute atomic E-state index is 0.0483. The van der Waals surface area contributed by atoms with Gasteiger partial charge < -0.3 is 70.4 Å². The minimum Gasteiger partial charge on any atom is -0.496 e. The first kappa shape index (κ1) is 65.3. The molecule has 1 aliphatic heterocycles. The predicted molar refractivity (Wildman–Crippen MR) is 322 cm³/mol. The van der Waals surface area contributed by atoms with Gasteiger partial charge >= 0.3 is 18.0 Å². The summed E-state index contributed by atoms with van der Waals surface area (Å²) >= 11 is 0. The van der Waals surface area contributed by atoms with Crippen LogP contribution in [-0.4, -0.2) is 168 Å². The number of ether oxygens (including phenoxy) is 5. The van der Waals surface area contributed by atoms with Crippen LogP contribution in [0.25, 0.3) is 11.2 Å². The third kappa shape index (κ3) is 16.0. The first-order valence-electron chi connectivity index (χ1n) is 29.0. The number of nitrogens with zero attached hydrogens (tertiary/aromatic N) is 3. The number of benzene rings is 3. The number of hydrogen-bond acceptors (Lipinski definition) is 23. The number of carbonyl (C=O) groups is 8. The molecule has 3 heterocycles. The maximum absolute atomic E-state index is 14.0. The van der Waals surface area contributed by atoms with Gasteiger partial charge in [0.15, 0.2) is 34.8 Å². The number of carboxylic acid groups (broad SMARTS) is 1. The number of aliphatic hydroxyl groups is 3. The molecule has 26 nitrogen and oxygen atoms in total. The number of Topliss-reactive ketones (excluding diaryl/α,β-unsaturated/α-hetero) is 1. The summed E-state index contributed by atoms with van der Waals surface area (Å²) in [6, 6.07) is 10.2. The summed E-state index contributed by atoms with van der Waals surface area (Å²) in [6.07, 6.45) is 2.04. The topological polar surface area (TPSA) is 383 Å². The van der Waals surface area contributed by atoms with Crippen molar-refractivity contribution in [1.29, 1.82) is 0 Å². The normalized spacial score (nSPS) is 22.3. The molecule has 89 heavy (non-hydrogen) atoms. The molecule has 0 spiro atoms. The molecule has 9 rings (SSSR count). The lowest BCUT2D eigenvalue weighted by Crippen LogP contribution is -2.56. The molecular formula is C61H68N8O18S2. The van der Waals surface area contributed by atoms with Gasteiger partial charge in [0, 0.05) is 65.1 Å². The van der Waals surface area contributed by atoms with E-state index in [1.165, 1.54) is 50.6 Å². The van der Waals surface area contributed by atoms with Crippen LogP contribution in [0.5, 0.6) is 5.75 Å². The Balaban J connectivity index is 0.745. The van der Waals surface area contributed by atoms with E-state index in [4.69, 9.17) is 23.7 Å². The van der Waals surface area contributed by atoms with Gasteiger partial charge in [-0.05, 0) is 106 Å². The van der Waals surface area contributed by atoms with E-state index in [1.807, 2.05) is 12.2 Å². The standard InChI is InChI=1S/C61H68N8O18S2/c1-31-52(73)43(24-49(85-31)87-46-26-61(82,47(71)29-70)25-34-22-40-41(23-39(34)46)54(75)50-38(53(40)74)12-9-13-45(50)83-3)69-60(81)84-20-21-88-89-30-44(58(78)79)67-48(72)19-18-42(59(80)86-37-10-7-5-4-6-8-11-37)68-56(76)33-14-16-35(17-15-33)62-27-36-28-63-55-51(66-36)57(77)65-32(2)64-55/h7,9-10,12-17,22-23,28,31,37,42-44,46,49,52,62,70,73,82H,4-6,8,11,18-21,24-27,29-30H2,1-3H3,(H,67,72)(H,68,76)(H,69,81)(H,78,79)(H,63,64,65,77)/b10-7+/t31-,37?,42+,43+,44+,46-,49-,52+,61-/m0/s1. The molecular weight excluding hydrogens is 1200 g/mol. The summed E-state index contributed by atoms with van der Waals surface area (Å²) in [5, 5.41) is 53.6. The predicted octanol–water partition coefficient (Wildman–Crippen LogP) is 4.27. The lowest BCUT2D eigenvalue weighted by Gasteiger charge is -2.42. The number of allylic oxidation sites excluding steroid dienone is 1. The van der Waals surface area contributed by atoms with Crippen LogP contribution in [-0.2, 0) is 51.1 Å². The maximum Gasteiger partial charge on any atom is 0.407 e. The fourth-order valence-electron chi connectivity index (χ4n) is 10.9. The number of alkyl carbamates (subject to hydrolysis) is 1. The number of anilines is 1. The van der Waals surface area contributed by atoms with Crippen molar-refractivity contribution in [3.05, 3.63) is 134 Å². The Bertz CT molecular complexity index is 3610. The molecule has 3 aliphatic carbocycles. The second kappa shape index (κ2) is 29.5. The van der Waals surface area contributed by atoms with E-state index in [9.17, 15) is 63.6 Å². The zero-order chi connectivity index (χ0) is 63.5. The number of H-pyrrole nitrogens is 1. The SMILES string of the molecule is COc1cccc2c1C(=O)c1cc3c(cc1C2=O)C[C@@](O)(C(=O)CO)C[C@@H]3O[C@H]1C[C@@H](NC(=O)OCCSSC[C@@H](NC(=O)CC[C@@H](NC(=O)c2ccc(NCc3cnc4nc(C)[nH]c(=O)c4n3)cc2)C(=O)OC2/C=C/CCCCC2)C(=O)O)[C@H](O)[C@H](C)O1. The lowest BCUT2D eigenvalue weighted by atomic mass is 9.73. The Morgan fingerprint density at radius 3 is 2.49 bits per heavy atom. The summed E-state index contributed by atoms with van der Waals surface area (Å²) in [5.74, 6) is -4.62. The van der Waals surface area contributed by atoms with E-state index in [1.54, 1.807) is 31.2 Å². The number of hydrogen-bond donors (Lipinski definition) is 9. The highest BCUT2D eigenvalue weighted by molar-refractivity contribution is 8.76. The average molecular weight is 1270 g/mol. The molecule has 3 aromatic carbocycles. The molecule has 1 saturated heterocycles. The van der Waals surface area contributed by atoms with Gasteiger partial charge in [-0.25, -0.2) is 29.3 Å². The first-order chi connectivity index (χ1) is 42.7. The minimum atomic E-state index is -2.14. The molecule has 9 N–H and O–H groups in total. The van der Waals surface area contributed by atoms with Gasteiger partial charge in [-0.3, -0.25) is 28.8 Å². The number of nitrogens with one attached hydrogen (secondary N) is 5. The molecule has 2 aromatic heterocycles. The molecule has 1 fully saturated rings.